The van der Waals surface area contributed by atoms with Gasteiger partial charge in [-0.2, -0.15) is 0 Å². The standard InChI is InChI=1S/C51H30N4S/c1-3-15-33(16-4-1)49-52-50(35-26-28-44-41(30-35)39-21-11-12-22-43(39)55(44)36-17-5-2-6-18-36)54-51(53-49)42-29-34-24-23-31-13-7-9-19-37(31)45(34)48-46(42)40-27-25-32-14-8-10-20-38(32)47(40)56-48/h1-30H. The van der Waals surface area contributed by atoms with Crippen molar-refractivity contribution in [3.8, 4) is 39.9 Å². The van der Waals surface area contributed by atoms with E-state index in [-0.39, 0.29) is 0 Å². The van der Waals surface area contributed by atoms with Gasteiger partial charge in [-0.3, -0.25) is 0 Å². The molecule has 0 atom stereocenters. The number of aromatic nitrogens is 4. The molecule has 9 aromatic carbocycles. The number of nitrogens with zero attached hydrogens (tertiary/aromatic N) is 4. The molecule has 260 valence electrons. The Kier molecular flexibility index (Phi) is 6.76. The predicted octanol–water partition coefficient (Wildman–Crippen LogP) is 13.8. The van der Waals surface area contributed by atoms with Gasteiger partial charge in [0.25, 0.3) is 0 Å². The van der Waals surface area contributed by atoms with Gasteiger partial charge in [0.05, 0.1) is 11.0 Å². The van der Waals surface area contributed by atoms with Crippen LogP contribution in [-0.4, -0.2) is 19.5 Å². The first-order valence-electron chi connectivity index (χ1n) is 18.9. The maximum Gasteiger partial charge on any atom is 0.164 e. The molecule has 0 unspecified atom stereocenters. The molecule has 0 aliphatic rings. The number of rotatable bonds is 4. The fourth-order valence-electron chi connectivity index (χ4n) is 8.64. The third-order valence-electron chi connectivity index (χ3n) is 11.2. The van der Waals surface area contributed by atoms with Gasteiger partial charge in [-0.1, -0.05) is 140 Å². The number of fused-ring (bicyclic) bond motifs is 12. The summed E-state index contributed by atoms with van der Waals surface area (Å²) in [7, 11) is 0. The van der Waals surface area contributed by atoms with Crippen LogP contribution >= 0.6 is 11.3 Å². The summed E-state index contributed by atoms with van der Waals surface area (Å²) >= 11 is 1.87. The molecule has 0 spiro atoms. The summed E-state index contributed by atoms with van der Waals surface area (Å²) in [4.78, 5) is 15.9. The summed E-state index contributed by atoms with van der Waals surface area (Å²) in [6.07, 6.45) is 0. The lowest BCUT2D eigenvalue weighted by Crippen LogP contribution is -2.00. The molecule has 4 nitrogen and oxygen atoms in total. The highest BCUT2D eigenvalue weighted by atomic mass is 32.1. The molecular weight excluding hydrogens is 701 g/mol. The van der Waals surface area contributed by atoms with Crippen LogP contribution < -0.4 is 0 Å². The van der Waals surface area contributed by atoms with Crippen LogP contribution in [0.4, 0.5) is 0 Å². The van der Waals surface area contributed by atoms with Crippen molar-refractivity contribution in [2.45, 2.75) is 0 Å². The molecule has 0 radical (unpaired) electrons. The lowest BCUT2D eigenvalue weighted by molar-refractivity contribution is 1.08. The number of benzene rings is 9. The van der Waals surface area contributed by atoms with Crippen LogP contribution in [0.2, 0.25) is 0 Å². The monoisotopic (exact) mass is 730 g/mol. The molecule has 5 heteroatoms. The molecule has 12 rings (SSSR count). The maximum atomic E-state index is 5.39. The fourth-order valence-corrected chi connectivity index (χ4v) is 10.1. The predicted molar refractivity (Wildman–Crippen MR) is 236 cm³/mol. The van der Waals surface area contributed by atoms with Gasteiger partial charge >= 0.3 is 0 Å². The van der Waals surface area contributed by atoms with Crippen LogP contribution in [0.5, 0.6) is 0 Å². The van der Waals surface area contributed by atoms with Crippen LogP contribution in [0.3, 0.4) is 0 Å². The molecule has 0 N–H and O–H groups in total. The smallest absolute Gasteiger partial charge is 0.164 e. The van der Waals surface area contributed by atoms with Crippen LogP contribution in [0.1, 0.15) is 0 Å². The third-order valence-corrected chi connectivity index (χ3v) is 12.4. The van der Waals surface area contributed by atoms with E-state index in [0.29, 0.717) is 17.5 Å². The second-order valence-corrected chi connectivity index (χ2v) is 15.4. The summed E-state index contributed by atoms with van der Waals surface area (Å²) in [5, 5.41) is 12.1. The number of thiophene rings is 1. The van der Waals surface area contributed by atoms with Gasteiger partial charge in [0, 0.05) is 58.7 Å². The average Bonchev–Trinajstić information content (AvgIpc) is 3.83. The molecular formula is C51H30N4S. The van der Waals surface area contributed by atoms with Crippen LogP contribution in [0.15, 0.2) is 182 Å². The van der Waals surface area contributed by atoms with Crippen molar-refractivity contribution in [3.05, 3.63) is 182 Å². The third kappa shape index (κ3) is 4.68. The minimum Gasteiger partial charge on any atom is -0.309 e. The Hall–Kier alpha value is -7.21. The number of hydrogen-bond donors (Lipinski definition) is 0. The summed E-state index contributed by atoms with van der Waals surface area (Å²) in [6.45, 7) is 0. The molecule has 56 heavy (non-hydrogen) atoms. The van der Waals surface area contributed by atoms with Gasteiger partial charge in [-0.25, -0.2) is 15.0 Å². The summed E-state index contributed by atoms with van der Waals surface area (Å²) in [5.74, 6) is 1.95. The second-order valence-electron chi connectivity index (χ2n) is 14.4. The Balaban J connectivity index is 1.17. The average molecular weight is 731 g/mol. The zero-order valence-electron chi connectivity index (χ0n) is 30.0. The van der Waals surface area contributed by atoms with Gasteiger partial charge in [0.15, 0.2) is 17.5 Å². The Morgan fingerprint density at radius 1 is 0.357 bits per heavy atom. The van der Waals surface area contributed by atoms with Crippen molar-refractivity contribution in [2.24, 2.45) is 0 Å². The zero-order valence-corrected chi connectivity index (χ0v) is 30.8. The summed E-state index contributed by atoms with van der Waals surface area (Å²) in [5.41, 5.74) is 6.33. The molecule has 0 aliphatic carbocycles. The van der Waals surface area contributed by atoms with E-state index in [2.05, 4.69) is 168 Å². The van der Waals surface area contributed by atoms with Crippen molar-refractivity contribution in [2.75, 3.05) is 0 Å². The van der Waals surface area contributed by atoms with Crippen LogP contribution in [-0.2, 0) is 0 Å². The second kappa shape index (κ2) is 12.2. The highest BCUT2D eigenvalue weighted by Gasteiger charge is 2.22. The molecule has 12 aromatic rings. The quantitative estimate of drug-likeness (QED) is 0.169. The molecule has 0 saturated heterocycles. The lowest BCUT2D eigenvalue weighted by atomic mass is 9.95. The van der Waals surface area contributed by atoms with E-state index in [4.69, 9.17) is 15.0 Å². The van der Waals surface area contributed by atoms with Crippen LogP contribution in [0.25, 0.3) is 114 Å². The van der Waals surface area contributed by atoms with Gasteiger partial charge in [-0.05, 0) is 69.4 Å². The molecule has 0 fully saturated rings. The van der Waals surface area contributed by atoms with E-state index in [1.54, 1.807) is 0 Å². The molecule has 0 saturated carbocycles. The Morgan fingerprint density at radius 2 is 0.964 bits per heavy atom. The normalized spacial score (nSPS) is 11.9. The number of hydrogen-bond acceptors (Lipinski definition) is 4. The van der Waals surface area contributed by atoms with Gasteiger partial charge in [-0.15, -0.1) is 11.3 Å². The van der Waals surface area contributed by atoms with Crippen molar-refractivity contribution in [3.63, 3.8) is 0 Å². The number of para-hydroxylation sites is 2. The minimum atomic E-state index is 0.643. The van der Waals surface area contributed by atoms with E-state index in [1.807, 2.05) is 29.5 Å². The first-order chi connectivity index (χ1) is 27.8. The van der Waals surface area contributed by atoms with E-state index in [0.717, 1.165) is 38.8 Å². The topological polar surface area (TPSA) is 43.6 Å². The zero-order chi connectivity index (χ0) is 36.7. The van der Waals surface area contributed by atoms with Gasteiger partial charge in [0.2, 0.25) is 0 Å². The van der Waals surface area contributed by atoms with E-state index in [1.165, 1.54) is 57.9 Å². The summed E-state index contributed by atoms with van der Waals surface area (Å²) in [6, 6.07) is 64.8. The van der Waals surface area contributed by atoms with Crippen molar-refractivity contribution in [1.82, 2.24) is 19.5 Å². The maximum absolute atomic E-state index is 5.39. The van der Waals surface area contributed by atoms with Crippen molar-refractivity contribution < 1.29 is 0 Å². The van der Waals surface area contributed by atoms with Gasteiger partial charge in [0.1, 0.15) is 0 Å². The van der Waals surface area contributed by atoms with Gasteiger partial charge < -0.3 is 4.57 Å². The molecule has 3 heterocycles. The Bertz CT molecular complexity index is 3530. The van der Waals surface area contributed by atoms with Crippen molar-refractivity contribution >= 4 is 85.6 Å². The molecule has 0 bridgehead atoms. The first-order valence-corrected chi connectivity index (χ1v) is 19.7. The highest BCUT2D eigenvalue weighted by Crippen LogP contribution is 2.47. The lowest BCUT2D eigenvalue weighted by Gasteiger charge is -2.12. The molecule has 3 aromatic heterocycles. The van der Waals surface area contributed by atoms with E-state index >= 15 is 0 Å². The SMILES string of the molecule is c1ccc(-c2nc(-c3ccc4c(c3)c3ccccc3n4-c3ccccc3)nc(-c3cc4ccc5ccccc5c4c4sc5c6ccccc6ccc5c34)n2)cc1. The van der Waals surface area contributed by atoms with E-state index in [9.17, 15) is 0 Å². The Morgan fingerprint density at radius 3 is 1.79 bits per heavy atom. The van der Waals surface area contributed by atoms with Crippen LogP contribution in [0, 0.1) is 0 Å². The first kappa shape index (κ1) is 31.2. The molecule has 0 aliphatic heterocycles. The van der Waals surface area contributed by atoms with E-state index < -0.39 is 0 Å². The highest BCUT2D eigenvalue weighted by molar-refractivity contribution is 7.27. The largest absolute Gasteiger partial charge is 0.309 e. The van der Waals surface area contributed by atoms with Crippen molar-refractivity contribution in [1.29, 1.82) is 0 Å². The summed E-state index contributed by atoms with van der Waals surface area (Å²) < 4.78 is 4.86. The minimum absolute atomic E-state index is 0.643. The Labute approximate surface area is 325 Å². The fraction of sp³-hybridized carbons (Fsp3) is 0. The molecule has 0 amide bonds.